The second-order valence-electron chi connectivity index (χ2n) is 9.86. The Kier molecular flexibility index (Phi) is 10.2. The van der Waals surface area contributed by atoms with Crippen molar-refractivity contribution in [2.24, 2.45) is 0 Å². The van der Waals surface area contributed by atoms with E-state index in [-0.39, 0.29) is 37.7 Å². The average Bonchev–Trinajstić information content (AvgIpc) is 2.75. The van der Waals surface area contributed by atoms with Crippen molar-refractivity contribution >= 4 is 50.7 Å². The second kappa shape index (κ2) is 12.3. The quantitative estimate of drug-likeness (QED) is 0.437. The minimum Gasteiger partial charge on any atom is -0.350 e. The Morgan fingerprint density at radius 1 is 1.03 bits per heavy atom. The Morgan fingerprint density at radius 2 is 1.61 bits per heavy atom. The molecule has 0 saturated heterocycles. The monoisotopic (exact) mass is 555 g/mol. The lowest BCUT2D eigenvalue weighted by Crippen LogP contribution is -2.52. The summed E-state index contributed by atoms with van der Waals surface area (Å²) in [6.45, 7) is 9.24. The summed E-state index contributed by atoms with van der Waals surface area (Å²) in [5.41, 5.74) is 1.45. The highest BCUT2D eigenvalue weighted by Crippen LogP contribution is 2.27. The van der Waals surface area contributed by atoms with Gasteiger partial charge >= 0.3 is 0 Å². The molecule has 0 spiro atoms. The van der Waals surface area contributed by atoms with Crippen LogP contribution in [-0.4, -0.2) is 49.5 Å². The number of carbonyl (C=O) groups excluding carboxylic acids is 2. The van der Waals surface area contributed by atoms with Gasteiger partial charge in [0.2, 0.25) is 21.8 Å². The fourth-order valence-corrected chi connectivity index (χ4v) is 5.28. The third-order valence-electron chi connectivity index (χ3n) is 5.59. The lowest BCUT2D eigenvalue weighted by atomic mass is 10.1. The summed E-state index contributed by atoms with van der Waals surface area (Å²) in [6, 6.07) is 11.5. The molecule has 0 fully saturated rings. The number of hydrogen-bond acceptors (Lipinski definition) is 4. The zero-order valence-electron chi connectivity index (χ0n) is 21.6. The molecule has 1 atom stereocenters. The fourth-order valence-electron chi connectivity index (χ4n) is 3.74. The smallest absolute Gasteiger partial charge is 0.242 e. The van der Waals surface area contributed by atoms with Gasteiger partial charge in [0, 0.05) is 40.7 Å². The van der Waals surface area contributed by atoms with Gasteiger partial charge in [0.1, 0.15) is 6.04 Å². The second-order valence-corrected chi connectivity index (χ2v) is 12.6. The predicted molar refractivity (Wildman–Crippen MR) is 147 cm³/mol. The van der Waals surface area contributed by atoms with Crippen molar-refractivity contribution in [1.29, 1.82) is 0 Å². The summed E-state index contributed by atoms with van der Waals surface area (Å²) in [4.78, 5) is 27.8. The molecule has 2 aromatic carbocycles. The van der Waals surface area contributed by atoms with Gasteiger partial charge in [-0.3, -0.25) is 13.9 Å². The number of nitrogens with one attached hydrogen (secondary N) is 1. The molecule has 1 N–H and O–H groups in total. The highest BCUT2D eigenvalue weighted by molar-refractivity contribution is 7.92. The van der Waals surface area contributed by atoms with Gasteiger partial charge < -0.3 is 10.2 Å². The molecule has 198 valence electrons. The molecule has 0 heterocycles. The zero-order chi connectivity index (χ0) is 27.3. The Balaban J connectivity index is 2.26. The van der Waals surface area contributed by atoms with Gasteiger partial charge in [0.05, 0.1) is 11.9 Å². The van der Waals surface area contributed by atoms with Crippen molar-refractivity contribution in [3.05, 3.63) is 63.6 Å². The molecular weight excluding hydrogens is 521 g/mol. The molecule has 0 aliphatic carbocycles. The van der Waals surface area contributed by atoms with Crippen LogP contribution in [0.3, 0.4) is 0 Å². The summed E-state index contributed by atoms with van der Waals surface area (Å²) in [7, 11) is -3.56. The molecular formula is C26H35Cl2N3O4S. The number of nitrogens with zero attached hydrogens (tertiary/aromatic N) is 2. The van der Waals surface area contributed by atoms with E-state index in [0.717, 1.165) is 11.8 Å². The number of para-hydroxylation sites is 1. The van der Waals surface area contributed by atoms with Crippen LogP contribution in [0.1, 0.15) is 51.7 Å². The molecule has 0 aromatic heterocycles. The van der Waals surface area contributed by atoms with Crippen LogP contribution in [0.5, 0.6) is 0 Å². The van der Waals surface area contributed by atoms with Crippen LogP contribution >= 0.6 is 23.2 Å². The zero-order valence-corrected chi connectivity index (χ0v) is 24.0. The maximum Gasteiger partial charge on any atom is 0.242 e. The fraction of sp³-hybridized carbons (Fsp3) is 0.462. The summed E-state index contributed by atoms with van der Waals surface area (Å²) in [6.07, 6.45) is 1.44. The highest BCUT2D eigenvalue weighted by atomic mass is 35.5. The van der Waals surface area contributed by atoms with Crippen molar-refractivity contribution in [2.45, 2.75) is 65.6 Å². The number of benzene rings is 2. The summed E-state index contributed by atoms with van der Waals surface area (Å²) >= 11 is 12.7. The molecule has 0 saturated carbocycles. The molecule has 2 aromatic rings. The predicted octanol–water partition coefficient (Wildman–Crippen LogP) is 5.18. The first-order chi connectivity index (χ1) is 16.6. The highest BCUT2D eigenvalue weighted by Gasteiger charge is 2.29. The topological polar surface area (TPSA) is 86.8 Å². The van der Waals surface area contributed by atoms with Crippen LogP contribution in [0, 0.1) is 6.92 Å². The summed E-state index contributed by atoms with van der Waals surface area (Å²) in [5.74, 6) is -0.613. The third kappa shape index (κ3) is 8.39. The lowest BCUT2D eigenvalue weighted by Gasteiger charge is -2.32. The van der Waals surface area contributed by atoms with Crippen molar-refractivity contribution in [3.8, 4) is 0 Å². The van der Waals surface area contributed by atoms with Crippen LogP contribution < -0.4 is 9.62 Å². The van der Waals surface area contributed by atoms with Gasteiger partial charge in [0.15, 0.2) is 0 Å². The molecule has 2 amide bonds. The SMILES string of the molecule is Cc1ccccc1N(CCCC(=O)N(Cc1c(Cl)cccc1Cl)[C@@H](C)C(=O)NC(C)(C)C)S(C)(=O)=O. The number of aryl methyl sites for hydroxylation is 1. The number of anilines is 1. The van der Waals surface area contributed by atoms with E-state index >= 15 is 0 Å². The third-order valence-corrected chi connectivity index (χ3v) is 7.48. The molecule has 0 aliphatic rings. The van der Waals surface area contributed by atoms with E-state index in [1.807, 2.05) is 39.8 Å². The minimum absolute atomic E-state index is 0.0348. The number of rotatable bonds is 10. The average molecular weight is 557 g/mol. The van der Waals surface area contributed by atoms with E-state index < -0.39 is 21.6 Å². The minimum atomic E-state index is -3.56. The van der Waals surface area contributed by atoms with E-state index in [1.54, 1.807) is 37.3 Å². The van der Waals surface area contributed by atoms with Gasteiger partial charge in [-0.25, -0.2) is 8.42 Å². The molecule has 0 aliphatic heterocycles. The van der Waals surface area contributed by atoms with Gasteiger partial charge in [-0.2, -0.15) is 0 Å². The molecule has 0 unspecified atom stereocenters. The maximum atomic E-state index is 13.4. The van der Waals surface area contributed by atoms with Gasteiger partial charge in [0.25, 0.3) is 0 Å². The Bertz CT molecular complexity index is 1180. The lowest BCUT2D eigenvalue weighted by molar-refractivity contribution is -0.141. The Labute approximate surface area is 224 Å². The van der Waals surface area contributed by atoms with Crippen molar-refractivity contribution in [3.63, 3.8) is 0 Å². The number of sulfonamides is 1. The van der Waals surface area contributed by atoms with Crippen molar-refractivity contribution < 1.29 is 18.0 Å². The first kappa shape index (κ1) is 29.9. The summed E-state index contributed by atoms with van der Waals surface area (Å²) in [5, 5.41) is 3.69. The first-order valence-electron chi connectivity index (χ1n) is 11.7. The van der Waals surface area contributed by atoms with Crippen molar-refractivity contribution in [1.82, 2.24) is 10.2 Å². The molecule has 36 heavy (non-hydrogen) atoms. The summed E-state index contributed by atoms with van der Waals surface area (Å²) < 4.78 is 26.3. The Hall–Kier alpha value is -2.29. The van der Waals surface area contributed by atoms with E-state index in [0.29, 0.717) is 21.3 Å². The number of hydrogen-bond donors (Lipinski definition) is 1. The Morgan fingerprint density at radius 3 is 2.14 bits per heavy atom. The van der Waals surface area contributed by atoms with Crippen LogP contribution in [-0.2, 0) is 26.2 Å². The molecule has 10 heteroatoms. The molecule has 7 nitrogen and oxygen atoms in total. The van der Waals surface area contributed by atoms with E-state index in [9.17, 15) is 18.0 Å². The van der Waals surface area contributed by atoms with Gasteiger partial charge in [-0.15, -0.1) is 0 Å². The van der Waals surface area contributed by atoms with Crippen LogP contribution in [0.25, 0.3) is 0 Å². The number of carbonyl (C=O) groups is 2. The number of halogens is 2. The molecule has 2 rings (SSSR count). The first-order valence-corrected chi connectivity index (χ1v) is 14.3. The van der Waals surface area contributed by atoms with Gasteiger partial charge in [-0.05, 0) is 64.8 Å². The van der Waals surface area contributed by atoms with Gasteiger partial charge in [-0.1, -0.05) is 47.5 Å². The van der Waals surface area contributed by atoms with Crippen LogP contribution in [0.4, 0.5) is 5.69 Å². The standard InChI is InChI=1S/C26H35Cl2N3O4S/c1-18-11-7-8-14-23(18)31(36(6,34)35)16-10-15-24(32)30(19(2)25(33)29-26(3,4)5)17-20-21(27)12-9-13-22(20)28/h7-9,11-14,19H,10,15-17H2,1-6H3,(H,29,33)/t19-/m0/s1. The largest absolute Gasteiger partial charge is 0.350 e. The van der Waals surface area contributed by atoms with E-state index in [4.69, 9.17) is 23.2 Å². The maximum absolute atomic E-state index is 13.4. The van der Waals surface area contributed by atoms with Crippen molar-refractivity contribution in [2.75, 3.05) is 17.1 Å². The van der Waals surface area contributed by atoms with E-state index in [2.05, 4.69) is 5.32 Å². The normalized spacial score (nSPS) is 12.7. The van der Waals surface area contributed by atoms with E-state index in [1.165, 1.54) is 9.21 Å². The number of amides is 2. The van der Waals surface area contributed by atoms with Crippen LogP contribution in [0.15, 0.2) is 42.5 Å². The molecule has 0 bridgehead atoms. The van der Waals surface area contributed by atoms with Crippen LogP contribution in [0.2, 0.25) is 10.0 Å². The molecule has 0 radical (unpaired) electrons.